The van der Waals surface area contributed by atoms with Crippen molar-refractivity contribution in [3.05, 3.63) is 33.3 Å². The summed E-state index contributed by atoms with van der Waals surface area (Å²) in [7, 11) is 0. The molecule has 0 radical (unpaired) electrons. The van der Waals surface area contributed by atoms with Gasteiger partial charge in [-0.2, -0.15) is 0 Å². The molecule has 6 heteroatoms. The normalized spacial score (nSPS) is 23.5. The lowest BCUT2D eigenvalue weighted by atomic mass is 10.1. The number of rotatable bonds is 2. The number of ether oxygens (including phenoxy) is 1. The summed E-state index contributed by atoms with van der Waals surface area (Å²) in [6.07, 6.45) is -0.118. The monoisotopic (exact) mass is 365 g/mol. The third-order valence-corrected chi connectivity index (χ3v) is 4.26. The molecule has 19 heavy (non-hydrogen) atoms. The largest absolute Gasteiger partial charge is 0.373 e. The summed E-state index contributed by atoms with van der Waals surface area (Å²) >= 11 is 15.3. The molecule has 1 aliphatic heterocycles. The second-order valence-electron chi connectivity index (χ2n) is 4.54. The molecule has 1 aliphatic rings. The molecule has 1 amide bonds. The second kappa shape index (κ2) is 6.44. The fourth-order valence-electron chi connectivity index (χ4n) is 2.01. The van der Waals surface area contributed by atoms with Gasteiger partial charge in [-0.25, -0.2) is 0 Å². The predicted octanol–water partition coefficient (Wildman–Crippen LogP) is 3.57. The highest BCUT2D eigenvalue weighted by atomic mass is 79.9. The standard InChI is InChI=1S/C13H14BrCl2NO2/c1-8-7-19-10(5-15)6-17(8)13(18)11-4-9(14)2-3-12(11)16/h2-4,8,10H,5-7H2,1H3. The minimum absolute atomic E-state index is 0.0158. The van der Waals surface area contributed by atoms with Crippen molar-refractivity contribution in [2.24, 2.45) is 0 Å². The quantitative estimate of drug-likeness (QED) is 0.749. The molecular formula is C13H14BrCl2NO2. The van der Waals surface area contributed by atoms with E-state index in [9.17, 15) is 4.79 Å². The highest BCUT2D eigenvalue weighted by Crippen LogP contribution is 2.24. The van der Waals surface area contributed by atoms with Crippen molar-refractivity contribution in [1.82, 2.24) is 4.90 Å². The van der Waals surface area contributed by atoms with Gasteiger partial charge in [0, 0.05) is 11.0 Å². The molecule has 104 valence electrons. The van der Waals surface area contributed by atoms with Gasteiger partial charge in [-0.15, -0.1) is 11.6 Å². The summed E-state index contributed by atoms with van der Waals surface area (Å²) in [5.74, 6) is 0.292. The van der Waals surface area contributed by atoms with Crippen LogP contribution in [0.2, 0.25) is 5.02 Å². The van der Waals surface area contributed by atoms with Crippen LogP contribution in [0.25, 0.3) is 0 Å². The van der Waals surface area contributed by atoms with Gasteiger partial charge in [0.05, 0.1) is 35.2 Å². The molecule has 1 aromatic carbocycles. The van der Waals surface area contributed by atoms with E-state index in [0.29, 0.717) is 29.6 Å². The Balaban J connectivity index is 2.24. The van der Waals surface area contributed by atoms with E-state index in [4.69, 9.17) is 27.9 Å². The number of halogens is 3. The molecule has 3 nitrogen and oxygen atoms in total. The molecule has 0 bridgehead atoms. The van der Waals surface area contributed by atoms with Gasteiger partial charge >= 0.3 is 0 Å². The summed E-state index contributed by atoms with van der Waals surface area (Å²) in [5.41, 5.74) is 0.498. The topological polar surface area (TPSA) is 29.5 Å². The van der Waals surface area contributed by atoms with E-state index in [1.807, 2.05) is 13.0 Å². The highest BCUT2D eigenvalue weighted by Gasteiger charge is 2.30. The number of amides is 1. The lowest BCUT2D eigenvalue weighted by molar-refractivity contribution is -0.0371. The minimum atomic E-state index is -0.118. The van der Waals surface area contributed by atoms with Crippen molar-refractivity contribution in [1.29, 1.82) is 0 Å². The van der Waals surface area contributed by atoms with Gasteiger partial charge in [0.25, 0.3) is 5.91 Å². The molecule has 2 rings (SSSR count). The van der Waals surface area contributed by atoms with Crippen LogP contribution in [0.4, 0.5) is 0 Å². The van der Waals surface area contributed by atoms with Gasteiger partial charge in [0.2, 0.25) is 0 Å². The fourth-order valence-corrected chi connectivity index (χ4v) is 2.76. The number of alkyl halides is 1. The Morgan fingerprint density at radius 2 is 2.32 bits per heavy atom. The van der Waals surface area contributed by atoms with Crippen LogP contribution in [-0.2, 0) is 4.74 Å². The number of nitrogens with zero attached hydrogens (tertiary/aromatic N) is 1. The number of morpholine rings is 1. The van der Waals surface area contributed by atoms with Crippen molar-refractivity contribution < 1.29 is 9.53 Å². The van der Waals surface area contributed by atoms with E-state index < -0.39 is 0 Å². The van der Waals surface area contributed by atoms with Crippen LogP contribution in [0.5, 0.6) is 0 Å². The highest BCUT2D eigenvalue weighted by molar-refractivity contribution is 9.10. The number of carbonyl (C=O) groups is 1. The first-order valence-corrected chi connectivity index (χ1v) is 7.67. The fraction of sp³-hybridized carbons (Fsp3) is 0.462. The summed E-state index contributed by atoms with van der Waals surface area (Å²) in [5, 5.41) is 0.453. The molecule has 1 heterocycles. The van der Waals surface area contributed by atoms with Gasteiger partial charge in [-0.3, -0.25) is 4.79 Å². The molecule has 0 aliphatic carbocycles. The first-order chi connectivity index (χ1) is 9.02. The Morgan fingerprint density at radius 3 is 3.00 bits per heavy atom. The van der Waals surface area contributed by atoms with Crippen molar-refractivity contribution >= 4 is 45.0 Å². The van der Waals surface area contributed by atoms with Crippen LogP contribution in [0.15, 0.2) is 22.7 Å². The average molecular weight is 367 g/mol. The van der Waals surface area contributed by atoms with Crippen LogP contribution in [0, 0.1) is 0 Å². The number of carbonyl (C=O) groups excluding carboxylic acids is 1. The molecule has 1 fully saturated rings. The molecule has 1 aromatic rings. The van der Waals surface area contributed by atoms with Gasteiger partial charge in [0.15, 0.2) is 0 Å². The number of hydrogen-bond acceptors (Lipinski definition) is 2. The van der Waals surface area contributed by atoms with Gasteiger partial charge in [-0.1, -0.05) is 27.5 Å². The lowest BCUT2D eigenvalue weighted by Gasteiger charge is -2.37. The van der Waals surface area contributed by atoms with E-state index in [1.54, 1.807) is 17.0 Å². The maximum atomic E-state index is 12.6. The maximum Gasteiger partial charge on any atom is 0.255 e. The number of benzene rings is 1. The summed E-state index contributed by atoms with van der Waals surface area (Å²) < 4.78 is 6.37. The number of hydrogen-bond donors (Lipinski definition) is 0. The van der Waals surface area contributed by atoms with Gasteiger partial charge in [-0.05, 0) is 25.1 Å². The minimum Gasteiger partial charge on any atom is -0.373 e. The summed E-state index contributed by atoms with van der Waals surface area (Å²) in [6.45, 7) is 2.94. The zero-order valence-electron chi connectivity index (χ0n) is 10.4. The Hall–Kier alpha value is -0.290. The first kappa shape index (κ1) is 15.1. The summed E-state index contributed by atoms with van der Waals surface area (Å²) in [4.78, 5) is 14.3. The SMILES string of the molecule is CC1COC(CCl)CN1C(=O)c1cc(Br)ccc1Cl. The van der Waals surface area contributed by atoms with Crippen molar-refractivity contribution in [2.75, 3.05) is 19.0 Å². The molecule has 2 atom stereocenters. The Bertz CT molecular complexity index is 484. The third-order valence-electron chi connectivity index (χ3n) is 3.10. The Morgan fingerprint density at radius 1 is 1.58 bits per heavy atom. The van der Waals surface area contributed by atoms with Crippen LogP contribution in [-0.4, -0.2) is 42.0 Å². The lowest BCUT2D eigenvalue weighted by Crippen LogP contribution is -2.51. The van der Waals surface area contributed by atoms with E-state index in [-0.39, 0.29) is 18.1 Å². The summed E-state index contributed by atoms with van der Waals surface area (Å²) in [6, 6.07) is 5.27. The third kappa shape index (κ3) is 3.43. The van der Waals surface area contributed by atoms with Crippen molar-refractivity contribution in [3.8, 4) is 0 Å². The first-order valence-electron chi connectivity index (χ1n) is 5.96. The molecule has 2 unspecified atom stereocenters. The van der Waals surface area contributed by atoms with Crippen LogP contribution < -0.4 is 0 Å². The van der Waals surface area contributed by atoms with Crippen LogP contribution in [0.1, 0.15) is 17.3 Å². The van der Waals surface area contributed by atoms with E-state index in [1.165, 1.54) is 0 Å². The molecule has 0 saturated carbocycles. The zero-order chi connectivity index (χ0) is 14.0. The van der Waals surface area contributed by atoms with E-state index in [0.717, 1.165) is 4.47 Å². The van der Waals surface area contributed by atoms with Crippen molar-refractivity contribution in [3.63, 3.8) is 0 Å². The van der Waals surface area contributed by atoms with E-state index >= 15 is 0 Å². The Labute approximate surface area is 130 Å². The molecule has 0 N–H and O–H groups in total. The average Bonchev–Trinajstić information content (AvgIpc) is 2.41. The Kier molecular flexibility index (Phi) is 5.12. The second-order valence-corrected chi connectivity index (χ2v) is 6.17. The molecule has 1 saturated heterocycles. The van der Waals surface area contributed by atoms with Gasteiger partial charge < -0.3 is 9.64 Å². The van der Waals surface area contributed by atoms with Crippen LogP contribution >= 0.6 is 39.1 Å². The molecular weight excluding hydrogens is 353 g/mol. The molecule has 0 aromatic heterocycles. The predicted molar refractivity (Wildman–Crippen MR) is 80.1 cm³/mol. The molecule has 0 spiro atoms. The maximum absolute atomic E-state index is 12.6. The van der Waals surface area contributed by atoms with Crippen LogP contribution in [0.3, 0.4) is 0 Å². The zero-order valence-corrected chi connectivity index (χ0v) is 13.5. The van der Waals surface area contributed by atoms with Gasteiger partial charge in [0.1, 0.15) is 0 Å². The van der Waals surface area contributed by atoms with E-state index in [2.05, 4.69) is 15.9 Å². The van der Waals surface area contributed by atoms with Crippen molar-refractivity contribution in [2.45, 2.75) is 19.1 Å². The smallest absolute Gasteiger partial charge is 0.255 e.